The van der Waals surface area contributed by atoms with Crippen molar-refractivity contribution in [3.8, 4) is 0 Å². The molecule has 0 aromatic heterocycles. The van der Waals surface area contributed by atoms with Crippen LogP contribution in [-0.2, 0) is 6.42 Å². The Morgan fingerprint density at radius 3 is 2.80 bits per heavy atom. The summed E-state index contributed by atoms with van der Waals surface area (Å²) in [5, 5.41) is 11.8. The van der Waals surface area contributed by atoms with Gasteiger partial charge in [0.2, 0.25) is 0 Å². The van der Waals surface area contributed by atoms with Crippen LogP contribution in [0.5, 0.6) is 0 Å². The summed E-state index contributed by atoms with van der Waals surface area (Å²) in [6.07, 6.45) is 8.18. The van der Waals surface area contributed by atoms with Gasteiger partial charge in [0.25, 0.3) is 0 Å². The molecule has 0 fully saturated rings. The summed E-state index contributed by atoms with van der Waals surface area (Å²) < 4.78 is 0. The lowest BCUT2D eigenvalue weighted by molar-refractivity contribution is 0.0592. The van der Waals surface area contributed by atoms with Gasteiger partial charge in [-0.05, 0) is 49.6 Å². The van der Waals surface area contributed by atoms with Crippen LogP contribution >= 0.6 is 23.2 Å². The van der Waals surface area contributed by atoms with Crippen LogP contribution in [0.15, 0.2) is 24.3 Å². The minimum Gasteiger partial charge on any atom is -0.391 e. The molecule has 2 aliphatic carbocycles. The number of rotatable bonds is 2. The van der Waals surface area contributed by atoms with Crippen molar-refractivity contribution < 1.29 is 5.11 Å². The Labute approximate surface area is 130 Å². The first kappa shape index (κ1) is 14.4. The molecular formula is C16H19Cl2NO. The van der Waals surface area contributed by atoms with Gasteiger partial charge in [-0.15, -0.1) is 0 Å². The molecule has 20 heavy (non-hydrogen) atoms. The number of aliphatic hydroxyl groups excluding tert-OH is 1. The van der Waals surface area contributed by atoms with E-state index >= 15 is 0 Å². The predicted octanol–water partition coefficient (Wildman–Crippen LogP) is 3.99. The monoisotopic (exact) mass is 311 g/mol. The zero-order valence-electron chi connectivity index (χ0n) is 11.5. The number of halogens is 2. The average molecular weight is 312 g/mol. The van der Waals surface area contributed by atoms with Crippen molar-refractivity contribution in [2.45, 2.75) is 43.9 Å². The zero-order chi connectivity index (χ0) is 14.3. The molecule has 1 aromatic carbocycles. The van der Waals surface area contributed by atoms with E-state index in [0.717, 1.165) is 24.0 Å². The number of benzene rings is 1. The first-order valence-corrected chi connectivity index (χ1v) is 7.88. The third-order valence-electron chi connectivity index (χ3n) is 4.48. The Bertz CT molecular complexity index is 544. The summed E-state index contributed by atoms with van der Waals surface area (Å²) >= 11 is 12.4. The Kier molecular flexibility index (Phi) is 4.09. The fourth-order valence-corrected chi connectivity index (χ4v) is 4.05. The van der Waals surface area contributed by atoms with E-state index in [1.807, 2.05) is 6.07 Å². The summed E-state index contributed by atoms with van der Waals surface area (Å²) in [5.74, 6) is 0. The lowest BCUT2D eigenvalue weighted by atomic mass is 9.98. The van der Waals surface area contributed by atoms with E-state index in [0.29, 0.717) is 22.5 Å². The Morgan fingerprint density at radius 1 is 1.30 bits per heavy atom. The highest BCUT2D eigenvalue weighted by Gasteiger charge is 2.37. The first-order valence-electron chi connectivity index (χ1n) is 7.12. The summed E-state index contributed by atoms with van der Waals surface area (Å²) in [4.78, 5) is 2.26. The van der Waals surface area contributed by atoms with Crippen molar-refractivity contribution in [2.75, 3.05) is 7.05 Å². The van der Waals surface area contributed by atoms with E-state index in [4.69, 9.17) is 23.2 Å². The highest BCUT2D eigenvalue weighted by atomic mass is 35.5. The first-order chi connectivity index (χ1) is 9.58. The summed E-state index contributed by atoms with van der Waals surface area (Å²) in [6, 6.07) is 4.07. The molecule has 108 valence electrons. The van der Waals surface area contributed by atoms with E-state index in [1.54, 1.807) is 6.07 Å². The molecule has 0 heterocycles. The standard InChI is InChI=1S/C16H19Cl2NO/c1-19(11-5-3-2-4-6-11)16-13-7-10(17)8-14(18)12(13)9-15(16)20/h3,5,7-8,11,15-16,20H,2,4,6,9H2,1H3. The summed E-state index contributed by atoms with van der Waals surface area (Å²) in [5.41, 5.74) is 2.12. The molecule has 1 N–H and O–H groups in total. The summed E-state index contributed by atoms with van der Waals surface area (Å²) in [6.45, 7) is 0. The van der Waals surface area contributed by atoms with Crippen molar-refractivity contribution in [1.82, 2.24) is 4.90 Å². The molecule has 0 spiro atoms. The second-order valence-electron chi connectivity index (χ2n) is 5.76. The van der Waals surface area contributed by atoms with Crippen LogP contribution in [0.1, 0.15) is 36.4 Å². The molecule has 3 atom stereocenters. The maximum atomic E-state index is 10.5. The fraction of sp³-hybridized carbons (Fsp3) is 0.500. The van der Waals surface area contributed by atoms with Gasteiger partial charge in [0.15, 0.2) is 0 Å². The molecule has 1 aromatic rings. The van der Waals surface area contributed by atoms with Crippen LogP contribution in [0, 0.1) is 0 Å². The second-order valence-corrected chi connectivity index (χ2v) is 6.61. The average Bonchev–Trinajstić information content (AvgIpc) is 2.76. The van der Waals surface area contributed by atoms with E-state index in [-0.39, 0.29) is 6.04 Å². The molecule has 4 heteroatoms. The van der Waals surface area contributed by atoms with E-state index in [1.165, 1.54) is 6.42 Å². The molecule has 3 unspecified atom stereocenters. The van der Waals surface area contributed by atoms with Crippen LogP contribution in [0.25, 0.3) is 0 Å². The van der Waals surface area contributed by atoms with Crippen LogP contribution < -0.4 is 0 Å². The molecule has 0 amide bonds. The molecule has 0 radical (unpaired) electrons. The van der Waals surface area contributed by atoms with Gasteiger partial charge >= 0.3 is 0 Å². The molecule has 3 rings (SSSR count). The van der Waals surface area contributed by atoms with Gasteiger partial charge in [-0.2, -0.15) is 0 Å². The smallest absolute Gasteiger partial charge is 0.0778 e. The van der Waals surface area contributed by atoms with Gasteiger partial charge < -0.3 is 5.11 Å². The summed E-state index contributed by atoms with van der Waals surface area (Å²) in [7, 11) is 2.08. The third-order valence-corrected chi connectivity index (χ3v) is 5.04. The van der Waals surface area contributed by atoms with Crippen LogP contribution in [0.2, 0.25) is 10.0 Å². The quantitative estimate of drug-likeness (QED) is 0.835. The topological polar surface area (TPSA) is 23.5 Å². The Hall–Kier alpha value is -0.540. The Morgan fingerprint density at radius 2 is 2.10 bits per heavy atom. The van der Waals surface area contributed by atoms with Gasteiger partial charge in [0.1, 0.15) is 0 Å². The largest absolute Gasteiger partial charge is 0.391 e. The molecule has 0 saturated heterocycles. The Balaban J connectivity index is 1.95. The number of likely N-dealkylation sites (N-methyl/N-ethyl adjacent to an activating group) is 1. The molecule has 2 nitrogen and oxygen atoms in total. The number of fused-ring (bicyclic) bond motifs is 1. The lowest BCUT2D eigenvalue weighted by Gasteiger charge is -2.35. The predicted molar refractivity (Wildman–Crippen MR) is 83.5 cm³/mol. The van der Waals surface area contributed by atoms with Crippen molar-refractivity contribution >= 4 is 23.2 Å². The molecule has 0 bridgehead atoms. The normalized spacial score (nSPS) is 28.9. The van der Waals surface area contributed by atoms with Gasteiger partial charge in [0.05, 0.1) is 12.1 Å². The zero-order valence-corrected chi connectivity index (χ0v) is 13.0. The number of aliphatic hydroxyl groups is 1. The van der Waals surface area contributed by atoms with Crippen LogP contribution in [0.4, 0.5) is 0 Å². The minimum absolute atomic E-state index is 0.0195. The van der Waals surface area contributed by atoms with Gasteiger partial charge in [0, 0.05) is 22.5 Å². The van der Waals surface area contributed by atoms with Gasteiger partial charge in [-0.1, -0.05) is 35.4 Å². The van der Waals surface area contributed by atoms with Crippen LogP contribution in [-0.4, -0.2) is 29.2 Å². The van der Waals surface area contributed by atoms with Crippen molar-refractivity contribution in [3.05, 3.63) is 45.5 Å². The fourth-order valence-electron chi connectivity index (χ4n) is 3.46. The highest BCUT2D eigenvalue weighted by Crippen LogP contribution is 2.42. The number of hydrogen-bond donors (Lipinski definition) is 1. The maximum absolute atomic E-state index is 10.5. The molecular weight excluding hydrogens is 293 g/mol. The van der Waals surface area contributed by atoms with E-state index in [9.17, 15) is 5.11 Å². The lowest BCUT2D eigenvalue weighted by Crippen LogP contribution is -2.38. The second kappa shape index (κ2) is 5.69. The SMILES string of the molecule is CN(C1C=CCCC1)C1c2cc(Cl)cc(Cl)c2CC1O. The van der Waals surface area contributed by atoms with Crippen molar-refractivity contribution in [2.24, 2.45) is 0 Å². The van der Waals surface area contributed by atoms with Gasteiger partial charge in [-0.3, -0.25) is 4.90 Å². The van der Waals surface area contributed by atoms with E-state index < -0.39 is 6.10 Å². The highest BCUT2D eigenvalue weighted by molar-refractivity contribution is 6.35. The third kappa shape index (κ3) is 2.50. The van der Waals surface area contributed by atoms with Gasteiger partial charge in [-0.25, -0.2) is 0 Å². The molecule has 0 saturated carbocycles. The number of allylic oxidation sites excluding steroid dienone is 1. The number of hydrogen-bond acceptors (Lipinski definition) is 2. The molecule has 0 aliphatic heterocycles. The van der Waals surface area contributed by atoms with E-state index in [2.05, 4.69) is 24.1 Å². The maximum Gasteiger partial charge on any atom is 0.0778 e. The van der Waals surface area contributed by atoms with Crippen LogP contribution in [0.3, 0.4) is 0 Å². The van der Waals surface area contributed by atoms with Crippen molar-refractivity contribution in [3.63, 3.8) is 0 Å². The minimum atomic E-state index is -0.415. The number of nitrogens with zero attached hydrogens (tertiary/aromatic N) is 1. The van der Waals surface area contributed by atoms with Crippen molar-refractivity contribution in [1.29, 1.82) is 0 Å². The molecule has 2 aliphatic rings.